The fraction of sp³-hybridized carbons (Fsp3) is 0.545. The summed E-state index contributed by atoms with van der Waals surface area (Å²) in [7, 11) is 5.71. The van der Waals surface area contributed by atoms with E-state index in [1.54, 1.807) is 7.11 Å². The molecule has 0 bridgehead atoms. The third-order valence-corrected chi connectivity index (χ3v) is 2.30. The second-order valence-corrected chi connectivity index (χ2v) is 3.45. The monoisotopic (exact) mass is 209 g/mol. The highest BCUT2D eigenvalue weighted by atomic mass is 16.5. The molecular weight excluding hydrogens is 190 g/mol. The lowest BCUT2D eigenvalue weighted by atomic mass is 10.2. The van der Waals surface area contributed by atoms with E-state index in [4.69, 9.17) is 4.74 Å². The van der Waals surface area contributed by atoms with Crippen LogP contribution in [0, 0.1) is 0 Å². The van der Waals surface area contributed by atoms with Gasteiger partial charge in [0.15, 0.2) is 0 Å². The normalized spacial score (nSPS) is 10.3. The van der Waals surface area contributed by atoms with Crippen LogP contribution in [0.1, 0.15) is 5.56 Å². The van der Waals surface area contributed by atoms with Crippen molar-refractivity contribution in [3.05, 3.63) is 24.0 Å². The molecule has 84 valence electrons. The van der Waals surface area contributed by atoms with Crippen LogP contribution in [0.15, 0.2) is 18.5 Å². The van der Waals surface area contributed by atoms with Crippen LogP contribution >= 0.6 is 0 Å². The number of aromatic nitrogens is 1. The minimum Gasteiger partial charge on any atom is -0.383 e. The fourth-order valence-corrected chi connectivity index (χ4v) is 1.45. The third-order valence-electron chi connectivity index (χ3n) is 2.30. The maximum Gasteiger partial charge on any atom is 0.0637 e. The number of nitrogens with zero attached hydrogens (tertiary/aromatic N) is 2. The molecule has 1 rings (SSSR count). The van der Waals surface area contributed by atoms with Crippen LogP contribution in [0.4, 0.5) is 5.69 Å². The molecule has 0 fully saturated rings. The van der Waals surface area contributed by atoms with Crippen LogP contribution in [0.25, 0.3) is 0 Å². The van der Waals surface area contributed by atoms with Gasteiger partial charge in [0.1, 0.15) is 0 Å². The Bertz CT molecular complexity index is 291. The number of ether oxygens (including phenoxy) is 1. The van der Waals surface area contributed by atoms with Gasteiger partial charge in [0, 0.05) is 33.4 Å². The molecule has 15 heavy (non-hydrogen) atoms. The van der Waals surface area contributed by atoms with Gasteiger partial charge in [0.05, 0.1) is 18.5 Å². The third kappa shape index (κ3) is 3.49. The van der Waals surface area contributed by atoms with Crippen molar-refractivity contribution in [1.82, 2.24) is 10.3 Å². The van der Waals surface area contributed by atoms with Gasteiger partial charge >= 0.3 is 0 Å². The molecule has 0 radical (unpaired) electrons. The molecule has 1 N–H and O–H groups in total. The van der Waals surface area contributed by atoms with Crippen molar-refractivity contribution >= 4 is 5.69 Å². The lowest BCUT2D eigenvalue weighted by Gasteiger charge is -2.21. The molecule has 0 saturated carbocycles. The van der Waals surface area contributed by atoms with Gasteiger partial charge in [0.25, 0.3) is 0 Å². The first kappa shape index (κ1) is 11.9. The van der Waals surface area contributed by atoms with Crippen molar-refractivity contribution in [2.24, 2.45) is 0 Å². The Balaban J connectivity index is 2.72. The Morgan fingerprint density at radius 2 is 2.33 bits per heavy atom. The average Bonchev–Trinajstić information content (AvgIpc) is 2.27. The summed E-state index contributed by atoms with van der Waals surface area (Å²) in [6.45, 7) is 2.46. The van der Waals surface area contributed by atoms with Gasteiger partial charge in [-0.05, 0) is 18.7 Å². The summed E-state index contributed by atoms with van der Waals surface area (Å²) in [4.78, 5) is 6.30. The van der Waals surface area contributed by atoms with Crippen molar-refractivity contribution < 1.29 is 4.74 Å². The minimum absolute atomic E-state index is 0.727. The first-order chi connectivity index (χ1) is 7.29. The Morgan fingerprint density at radius 1 is 1.53 bits per heavy atom. The highest BCUT2D eigenvalue weighted by Gasteiger charge is 2.05. The largest absolute Gasteiger partial charge is 0.383 e. The second-order valence-electron chi connectivity index (χ2n) is 3.45. The summed E-state index contributed by atoms with van der Waals surface area (Å²) in [5.41, 5.74) is 2.41. The van der Waals surface area contributed by atoms with E-state index in [-0.39, 0.29) is 0 Å². The lowest BCUT2D eigenvalue weighted by Crippen LogP contribution is -2.24. The number of hydrogen-bond acceptors (Lipinski definition) is 4. The predicted molar refractivity (Wildman–Crippen MR) is 62.1 cm³/mol. The fourth-order valence-electron chi connectivity index (χ4n) is 1.45. The van der Waals surface area contributed by atoms with Crippen LogP contribution in [0.2, 0.25) is 0 Å². The molecule has 0 saturated heterocycles. The van der Waals surface area contributed by atoms with E-state index in [0.717, 1.165) is 25.4 Å². The van der Waals surface area contributed by atoms with Gasteiger partial charge in [-0.15, -0.1) is 0 Å². The number of methoxy groups -OCH3 is 1. The molecule has 0 aliphatic heterocycles. The van der Waals surface area contributed by atoms with Gasteiger partial charge in [-0.1, -0.05) is 0 Å². The van der Waals surface area contributed by atoms with Crippen LogP contribution in [0.5, 0.6) is 0 Å². The SMILES string of the molecule is CNCc1ccncc1N(C)CCOC. The zero-order valence-corrected chi connectivity index (χ0v) is 9.66. The van der Waals surface area contributed by atoms with Crippen molar-refractivity contribution in [3.8, 4) is 0 Å². The quantitative estimate of drug-likeness (QED) is 0.755. The minimum atomic E-state index is 0.727. The number of likely N-dealkylation sites (N-methyl/N-ethyl adjacent to an activating group) is 1. The molecule has 0 aliphatic carbocycles. The predicted octanol–water partition coefficient (Wildman–Crippen LogP) is 0.884. The van der Waals surface area contributed by atoms with Gasteiger partial charge < -0.3 is 15.0 Å². The van der Waals surface area contributed by atoms with E-state index < -0.39 is 0 Å². The van der Waals surface area contributed by atoms with E-state index in [2.05, 4.69) is 22.2 Å². The maximum absolute atomic E-state index is 5.06. The molecule has 0 atom stereocenters. The summed E-state index contributed by atoms with van der Waals surface area (Å²) in [5, 5.41) is 3.15. The smallest absolute Gasteiger partial charge is 0.0637 e. The Morgan fingerprint density at radius 3 is 3.00 bits per heavy atom. The molecule has 1 aromatic heterocycles. The molecule has 0 aliphatic rings. The molecule has 4 nitrogen and oxygen atoms in total. The number of rotatable bonds is 6. The van der Waals surface area contributed by atoms with Crippen LogP contribution in [-0.4, -0.2) is 39.3 Å². The van der Waals surface area contributed by atoms with Crippen molar-refractivity contribution in [2.75, 3.05) is 39.3 Å². The molecule has 0 aromatic carbocycles. The van der Waals surface area contributed by atoms with Crippen LogP contribution < -0.4 is 10.2 Å². The van der Waals surface area contributed by atoms with Crippen molar-refractivity contribution in [3.63, 3.8) is 0 Å². The number of hydrogen-bond donors (Lipinski definition) is 1. The summed E-state index contributed by atoms with van der Waals surface area (Å²) in [6, 6.07) is 2.04. The van der Waals surface area contributed by atoms with E-state index in [1.165, 1.54) is 5.56 Å². The molecule has 0 amide bonds. The standard InChI is InChI=1S/C11H19N3O/c1-12-8-10-4-5-13-9-11(10)14(2)6-7-15-3/h4-5,9,12H,6-8H2,1-3H3. The summed E-state index contributed by atoms with van der Waals surface area (Å²) < 4.78 is 5.06. The van der Waals surface area contributed by atoms with Gasteiger partial charge in [-0.25, -0.2) is 0 Å². The van der Waals surface area contributed by atoms with Crippen molar-refractivity contribution in [1.29, 1.82) is 0 Å². The molecular formula is C11H19N3O. The molecule has 0 spiro atoms. The van der Waals surface area contributed by atoms with E-state index >= 15 is 0 Å². The first-order valence-electron chi connectivity index (χ1n) is 5.07. The highest BCUT2D eigenvalue weighted by molar-refractivity contribution is 5.50. The van der Waals surface area contributed by atoms with Crippen LogP contribution in [-0.2, 0) is 11.3 Å². The zero-order valence-electron chi connectivity index (χ0n) is 9.66. The highest BCUT2D eigenvalue weighted by Crippen LogP contribution is 2.16. The summed E-state index contributed by atoms with van der Waals surface area (Å²) in [5.74, 6) is 0. The Labute approximate surface area is 91.3 Å². The summed E-state index contributed by atoms with van der Waals surface area (Å²) >= 11 is 0. The van der Waals surface area contributed by atoms with Gasteiger partial charge in [-0.2, -0.15) is 0 Å². The molecule has 4 heteroatoms. The Hall–Kier alpha value is -1.13. The second kappa shape index (κ2) is 6.37. The van der Waals surface area contributed by atoms with Crippen molar-refractivity contribution in [2.45, 2.75) is 6.54 Å². The maximum atomic E-state index is 5.06. The molecule has 1 aromatic rings. The number of anilines is 1. The van der Waals surface area contributed by atoms with E-state index in [0.29, 0.717) is 0 Å². The molecule has 1 heterocycles. The molecule has 0 unspecified atom stereocenters. The van der Waals surface area contributed by atoms with Crippen LogP contribution in [0.3, 0.4) is 0 Å². The topological polar surface area (TPSA) is 37.4 Å². The zero-order chi connectivity index (χ0) is 11.1. The first-order valence-corrected chi connectivity index (χ1v) is 5.07. The van der Waals surface area contributed by atoms with E-state index in [9.17, 15) is 0 Å². The average molecular weight is 209 g/mol. The number of nitrogens with one attached hydrogen (secondary N) is 1. The van der Waals surface area contributed by atoms with Gasteiger partial charge in [0.2, 0.25) is 0 Å². The lowest BCUT2D eigenvalue weighted by molar-refractivity contribution is 0.206. The van der Waals surface area contributed by atoms with Gasteiger partial charge in [-0.3, -0.25) is 4.98 Å². The number of pyridine rings is 1. The summed E-state index contributed by atoms with van der Waals surface area (Å²) in [6.07, 6.45) is 3.71. The Kier molecular flexibility index (Phi) is 5.07. The van der Waals surface area contributed by atoms with E-state index in [1.807, 2.05) is 25.5 Å².